The van der Waals surface area contributed by atoms with Gasteiger partial charge in [-0.25, -0.2) is 4.39 Å². The highest BCUT2D eigenvalue weighted by molar-refractivity contribution is 5.83. The molecule has 0 aliphatic carbocycles. The van der Waals surface area contributed by atoms with Crippen LogP contribution in [0.3, 0.4) is 0 Å². The molecule has 2 heterocycles. The van der Waals surface area contributed by atoms with E-state index in [2.05, 4.69) is 40.5 Å². The van der Waals surface area contributed by atoms with Gasteiger partial charge < -0.3 is 9.15 Å². The first-order chi connectivity index (χ1) is 14.2. The van der Waals surface area contributed by atoms with Gasteiger partial charge in [0.2, 0.25) is 11.8 Å². The standard InChI is InChI=1S/C24H21FN2O2/c25-21-9-7-20(8-10-21)24(11-13-28-14-12-24)23-27-26-22(29-23)16-17-5-6-18-3-1-2-4-19(18)15-17/h1-10,15H,11-14,16H2. The van der Waals surface area contributed by atoms with Crippen molar-refractivity contribution in [2.24, 2.45) is 0 Å². The normalized spacial score (nSPS) is 16.2. The second-order valence-corrected chi connectivity index (χ2v) is 7.56. The molecule has 0 saturated carbocycles. The maximum Gasteiger partial charge on any atom is 0.227 e. The average Bonchev–Trinajstić information content (AvgIpc) is 3.24. The summed E-state index contributed by atoms with van der Waals surface area (Å²) in [5.74, 6) is 0.921. The Bertz CT molecular complexity index is 1130. The second-order valence-electron chi connectivity index (χ2n) is 7.56. The predicted octanol–water partition coefficient (Wildman–Crippen LogP) is 5.05. The van der Waals surface area contributed by atoms with Gasteiger partial charge in [-0.3, -0.25) is 0 Å². The van der Waals surface area contributed by atoms with Crippen molar-refractivity contribution in [3.8, 4) is 0 Å². The zero-order valence-corrected chi connectivity index (χ0v) is 16.0. The van der Waals surface area contributed by atoms with Crippen LogP contribution in [0.25, 0.3) is 10.8 Å². The summed E-state index contributed by atoms with van der Waals surface area (Å²) < 4.78 is 25.2. The smallest absolute Gasteiger partial charge is 0.227 e. The number of rotatable bonds is 4. The van der Waals surface area contributed by atoms with E-state index in [1.54, 1.807) is 0 Å². The van der Waals surface area contributed by atoms with Gasteiger partial charge in [-0.05, 0) is 46.9 Å². The number of ether oxygens (including phenoxy) is 1. The minimum atomic E-state index is -0.430. The van der Waals surface area contributed by atoms with Crippen molar-refractivity contribution < 1.29 is 13.5 Å². The fourth-order valence-corrected chi connectivity index (χ4v) is 4.16. The summed E-state index contributed by atoms with van der Waals surface area (Å²) in [5, 5.41) is 11.1. The van der Waals surface area contributed by atoms with E-state index in [4.69, 9.17) is 9.15 Å². The number of hydrogen-bond acceptors (Lipinski definition) is 4. The topological polar surface area (TPSA) is 48.2 Å². The first-order valence-electron chi connectivity index (χ1n) is 9.87. The summed E-state index contributed by atoms with van der Waals surface area (Å²) in [6.45, 7) is 1.22. The van der Waals surface area contributed by atoms with Crippen molar-refractivity contribution in [1.82, 2.24) is 10.2 Å². The Labute approximate surface area is 168 Å². The van der Waals surface area contributed by atoms with Crippen LogP contribution in [-0.4, -0.2) is 23.4 Å². The molecule has 0 bridgehead atoms. The van der Waals surface area contributed by atoms with E-state index in [-0.39, 0.29) is 5.82 Å². The van der Waals surface area contributed by atoms with Gasteiger partial charge in [-0.2, -0.15) is 0 Å². The Hall–Kier alpha value is -3.05. The lowest BCUT2D eigenvalue weighted by molar-refractivity contribution is 0.0540. The highest BCUT2D eigenvalue weighted by Gasteiger charge is 2.41. The van der Waals surface area contributed by atoms with Crippen LogP contribution < -0.4 is 0 Å². The summed E-state index contributed by atoms with van der Waals surface area (Å²) in [7, 11) is 0. The lowest BCUT2D eigenvalue weighted by Gasteiger charge is -2.34. The van der Waals surface area contributed by atoms with E-state index in [1.807, 2.05) is 24.3 Å². The Kier molecular flexibility index (Phi) is 4.60. The zero-order valence-electron chi connectivity index (χ0n) is 16.0. The molecule has 5 heteroatoms. The third-order valence-corrected chi connectivity index (χ3v) is 5.79. The van der Waals surface area contributed by atoms with Crippen molar-refractivity contribution in [3.63, 3.8) is 0 Å². The number of halogens is 1. The summed E-state index contributed by atoms with van der Waals surface area (Å²) in [6.07, 6.45) is 2.04. The fraction of sp³-hybridized carbons (Fsp3) is 0.250. The van der Waals surface area contributed by atoms with Gasteiger partial charge in [0.25, 0.3) is 0 Å². The number of aromatic nitrogens is 2. The van der Waals surface area contributed by atoms with Gasteiger partial charge >= 0.3 is 0 Å². The molecule has 0 atom stereocenters. The van der Waals surface area contributed by atoms with E-state index in [1.165, 1.54) is 22.9 Å². The minimum Gasteiger partial charge on any atom is -0.424 e. The molecule has 1 aliphatic heterocycles. The van der Waals surface area contributed by atoms with Gasteiger partial charge in [-0.1, -0.05) is 54.6 Å². The van der Waals surface area contributed by atoms with Crippen molar-refractivity contribution in [1.29, 1.82) is 0 Å². The van der Waals surface area contributed by atoms with Gasteiger partial charge in [0.15, 0.2) is 0 Å². The molecular weight excluding hydrogens is 367 g/mol. The van der Waals surface area contributed by atoms with Crippen molar-refractivity contribution >= 4 is 10.8 Å². The van der Waals surface area contributed by atoms with Crippen LogP contribution in [0.1, 0.15) is 35.7 Å². The van der Waals surface area contributed by atoms with Crippen LogP contribution in [0.15, 0.2) is 71.1 Å². The largest absolute Gasteiger partial charge is 0.424 e. The molecule has 0 radical (unpaired) electrons. The summed E-state index contributed by atoms with van der Waals surface area (Å²) in [4.78, 5) is 0. The molecule has 1 fully saturated rings. The van der Waals surface area contributed by atoms with E-state index < -0.39 is 5.41 Å². The molecule has 1 aliphatic rings. The number of fused-ring (bicyclic) bond motifs is 1. The van der Waals surface area contributed by atoms with Crippen LogP contribution in [0, 0.1) is 5.82 Å². The molecule has 1 saturated heterocycles. The maximum absolute atomic E-state index is 13.5. The Morgan fingerprint density at radius 2 is 1.62 bits per heavy atom. The minimum absolute atomic E-state index is 0.251. The molecular formula is C24H21FN2O2. The third-order valence-electron chi connectivity index (χ3n) is 5.79. The van der Waals surface area contributed by atoms with Crippen LogP contribution in [0.5, 0.6) is 0 Å². The lowest BCUT2D eigenvalue weighted by Crippen LogP contribution is -2.35. The van der Waals surface area contributed by atoms with Crippen LogP contribution >= 0.6 is 0 Å². The molecule has 0 N–H and O–H groups in total. The quantitative estimate of drug-likeness (QED) is 0.491. The molecule has 5 rings (SSSR count). The molecule has 4 nitrogen and oxygen atoms in total. The zero-order chi connectivity index (χ0) is 19.7. The van der Waals surface area contributed by atoms with Gasteiger partial charge in [0.05, 0.1) is 11.8 Å². The van der Waals surface area contributed by atoms with Crippen molar-refractivity contribution in [2.75, 3.05) is 13.2 Å². The van der Waals surface area contributed by atoms with E-state index in [0.717, 1.165) is 24.0 Å². The molecule has 0 spiro atoms. The molecule has 1 aromatic heterocycles. The first kappa shape index (κ1) is 18.0. The average molecular weight is 388 g/mol. The molecule has 4 aromatic rings. The SMILES string of the molecule is Fc1ccc(C2(c3nnc(Cc4ccc5ccccc5c4)o3)CCOCC2)cc1. The number of benzene rings is 3. The fourth-order valence-electron chi connectivity index (χ4n) is 4.16. The number of hydrogen-bond donors (Lipinski definition) is 0. The van der Waals surface area contributed by atoms with E-state index in [0.29, 0.717) is 31.4 Å². The Morgan fingerprint density at radius 1 is 0.862 bits per heavy atom. The lowest BCUT2D eigenvalue weighted by atomic mass is 9.74. The van der Waals surface area contributed by atoms with Gasteiger partial charge in [0, 0.05) is 13.2 Å². The molecule has 146 valence electrons. The molecule has 29 heavy (non-hydrogen) atoms. The molecule has 0 unspecified atom stereocenters. The van der Waals surface area contributed by atoms with Gasteiger partial charge in [-0.15, -0.1) is 10.2 Å². The summed E-state index contributed by atoms with van der Waals surface area (Å²) >= 11 is 0. The third kappa shape index (κ3) is 3.42. The van der Waals surface area contributed by atoms with E-state index >= 15 is 0 Å². The van der Waals surface area contributed by atoms with E-state index in [9.17, 15) is 4.39 Å². The van der Waals surface area contributed by atoms with Crippen LogP contribution in [0.2, 0.25) is 0 Å². The maximum atomic E-state index is 13.5. The second kappa shape index (κ2) is 7.41. The number of nitrogens with zero attached hydrogens (tertiary/aromatic N) is 2. The van der Waals surface area contributed by atoms with Crippen molar-refractivity contribution in [2.45, 2.75) is 24.7 Å². The first-order valence-corrected chi connectivity index (χ1v) is 9.87. The summed E-state index contributed by atoms with van der Waals surface area (Å²) in [6, 6.07) is 21.2. The highest BCUT2D eigenvalue weighted by atomic mass is 19.1. The van der Waals surface area contributed by atoms with Crippen LogP contribution in [0.4, 0.5) is 4.39 Å². The van der Waals surface area contributed by atoms with Crippen molar-refractivity contribution in [3.05, 3.63) is 95.5 Å². The Balaban J connectivity index is 1.47. The molecule has 0 amide bonds. The predicted molar refractivity (Wildman–Crippen MR) is 108 cm³/mol. The van der Waals surface area contributed by atoms with Gasteiger partial charge in [0.1, 0.15) is 5.82 Å². The molecule has 3 aromatic carbocycles. The summed E-state index contributed by atoms with van der Waals surface area (Å²) in [5.41, 5.74) is 1.69. The highest BCUT2D eigenvalue weighted by Crippen LogP contribution is 2.40. The Morgan fingerprint density at radius 3 is 2.41 bits per heavy atom. The monoisotopic (exact) mass is 388 g/mol. The van der Waals surface area contributed by atoms with Crippen LogP contribution in [-0.2, 0) is 16.6 Å².